The van der Waals surface area contributed by atoms with Gasteiger partial charge < -0.3 is 15.7 Å². The molecule has 0 saturated carbocycles. The van der Waals surface area contributed by atoms with E-state index in [4.69, 9.17) is 0 Å². The molecule has 2 heterocycles. The van der Waals surface area contributed by atoms with Gasteiger partial charge in [0.1, 0.15) is 6.10 Å². The van der Waals surface area contributed by atoms with Crippen molar-refractivity contribution in [1.82, 2.24) is 15.5 Å². The van der Waals surface area contributed by atoms with Gasteiger partial charge in [-0.1, -0.05) is 25.1 Å². The molecule has 1 aromatic heterocycles. The zero-order valence-corrected chi connectivity index (χ0v) is 16.6. The van der Waals surface area contributed by atoms with Crippen LogP contribution in [0.15, 0.2) is 35.3 Å². The molecule has 0 spiro atoms. The van der Waals surface area contributed by atoms with Gasteiger partial charge in [-0.05, 0) is 49.9 Å². The van der Waals surface area contributed by atoms with Gasteiger partial charge in [0.2, 0.25) is 0 Å². The topological polar surface area (TPSA) is 59.9 Å². The van der Waals surface area contributed by atoms with E-state index >= 15 is 0 Å². The van der Waals surface area contributed by atoms with Crippen molar-refractivity contribution in [2.45, 2.75) is 38.3 Å². The third-order valence-electron chi connectivity index (χ3n) is 5.09. The Hall–Kier alpha value is -1.63. The Bertz CT molecular complexity index is 690. The number of guanidine groups is 1. The first-order valence-electron chi connectivity index (χ1n) is 9.56. The third-order valence-corrected chi connectivity index (χ3v) is 6.31. The molecule has 0 bridgehead atoms. The Morgan fingerprint density at radius 3 is 2.65 bits per heavy atom. The third kappa shape index (κ3) is 4.75. The number of hydrogen-bond donors (Lipinski definition) is 3. The van der Waals surface area contributed by atoms with Crippen LogP contribution in [0.5, 0.6) is 0 Å². The van der Waals surface area contributed by atoms with E-state index in [1.54, 1.807) is 18.4 Å². The number of benzene rings is 1. The normalized spacial score (nSPS) is 18.2. The maximum Gasteiger partial charge on any atom is 0.191 e. The van der Waals surface area contributed by atoms with E-state index in [9.17, 15) is 5.11 Å². The molecule has 1 aliphatic rings. The Morgan fingerprint density at radius 2 is 1.96 bits per heavy atom. The highest BCUT2D eigenvalue weighted by Crippen LogP contribution is 2.29. The van der Waals surface area contributed by atoms with Gasteiger partial charge in [0.25, 0.3) is 0 Å². The average Bonchev–Trinajstić information content (AvgIpc) is 3.34. The van der Waals surface area contributed by atoms with Crippen molar-refractivity contribution in [2.75, 3.05) is 33.2 Å². The smallest absolute Gasteiger partial charge is 0.191 e. The number of hydrogen-bond acceptors (Lipinski definition) is 4. The summed E-state index contributed by atoms with van der Waals surface area (Å²) in [6, 6.07) is 10.8. The number of aliphatic imine (C=N–C) groups is 1. The van der Waals surface area contributed by atoms with E-state index in [1.807, 2.05) is 12.1 Å². The predicted molar refractivity (Wildman–Crippen MR) is 111 cm³/mol. The molecule has 26 heavy (non-hydrogen) atoms. The highest BCUT2D eigenvalue weighted by molar-refractivity contribution is 7.19. The second-order valence-corrected chi connectivity index (χ2v) is 7.96. The minimum atomic E-state index is -0.536. The van der Waals surface area contributed by atoms with E-state index in [1.165, 1.54) is 36.0 Å². The van der Waals surface area contributed by atoms with Crippen LogP contribution in [0.3, 0.4) is 0 Å². The van der Waals surface area contributed by atoms with Crippen molar-refractivity contribution in [3.05, 3.63) is 35.2 Å². The largest absolute Gasteiger partial charge is 0.386 e. The van der Waals surface area contributed by atoms with Crippen molar-refractivity contribution in [1.29, 1.82) is 0 Å². The Morgan fingerprint density at radius 1 is 1.23 bits per heavy atom. The fourth-order valence-electron chi connectivity index (χ4n) is 3.53. The fourth-order valence-corrected chi connectivity index (χ4v) is 4.58. The first-order chi connectivity index (χ1) is 12.7. The highest BCUT2D eigenvalue weighted by atomic mass is 32.1. The van der Waals surface area contributed by atoms with Crippen molar-refractivity contribution in [3.63, 3.8) is 0 Å². The summed E-state index contributed by atoms with van der Waals surface area (Å²) in [6.07, 6.45) is 3.22. The van der Waals surface area contributed by atoms with Gasteiger partial charge in [-0.25, -0.2) is 0 Å². The molecule has 1 aliphatic heterocycles. The van der Waals surface area contributed by atoms with Crippen LogP contribution in [-0.4, -0.2) is 55.2 Å². The SMILES string of the molecule is CCC(CNC(=NC)NCC(O)c1cc2ccccc2s1)N1CCCC1. The van der Waals surface area contributed by atoms with Crippen molar-refractivity contribution < 1.29 is 5.11 Å². The molecular formula is C20H30N4OS. The van der Waals surface area contributed by atoms with Crippen molar-refractivity contribution in [2.24, 2.45) is 4.99 Å². The Labute approximate surface area is 160 Å². The lowest BCUT2D eigenvalue weighted by Gasteiger charge is -2.27. The molecule has 5 nitrogen and oxygen atoms in total. The number of aliphatic hydroxyl groups is 1. The van der Waals surface area contributed by atoms with Crippen molar-refractivity contribution >= 4 is 27.4 Å². The van der Waals surface area contributed by atoms with Gasteiger partial charge in [-0.2, -0.15) is 0 Å². The van der Waals surface area contributed by atoms with Gasteiger partial charge in [-0.15, -0.1) is 11.3 Å². The molecule has 1 aromatic carbocycles. The summed E-state index contributed by atoms with van der Waals surface area (Å²) in [4.78, 5) is 7.84. The molecule has 0 aliphatic carbocycles. The molecule has 0 radical (unpaired) electrons. The van der Waals surface area contributed by atoms with Gasteiger partial charge in [0, 0.05) is 35.8 Å². The summed E-state index contributed by atoms with van der Waals surface area (Å²) >= 11 is 1.65. The average molecular weight is 375 g/mol. The minimum absolute atomic E-state index is 0.451. The van der Waals surface area contributed by atoms with Crippen LogP contribution in [0.1, 0.15) is 37.2 Å². The molecule has 3 rings (SSSR count). The van der Waals surface area contributed by atoms with Crippen LogP contribution >= 0.6 is 11.3 Å². The quantitative estimate of drug-likeness (QED) is 0.515. The molecule has 142 valence electrons. The van der Waals surface area contributed by atoms with E-state index in [2.05, 4.69) is 45.6 Å². The maximum absolute atomic E-state index is 10.5. The summed E-state index contributed by atoms with van der Waals surface area (Å²) in [7, 11) is 1.78. The summed E-state index contributed by atoms with van der Waals surface area (Å²) in [6.45, 7) is 5.99. The lowest BCUT2D eigenvalue weighted by Crippen LogP contribution is -2.46. The van der Waals surface area contributed by atoms with Gasteiger partial charge in [0.15, 0.2) is 5.96 Å². The molecule has 0 amide bonds. The summed E-state index contributed by atoms with van der Waals surface area (Å²) in [5.74, 6) is 0.753. The highest BCUT2D eigenvalue weighted by Gasteiger charge is 2.20. The number of aliphatic hydroxyl groups excluding tert-OH is 1. The molecule has 2 unspecified atom stereocenters. The Kier molecular flexibility index (Phi) is 6.88. The minimum Gasteiger partial charge on any atom is -0.386 e. The van der Waals surface area contributed by atoms with E-state index in [0.717, 1.165) is 23.8 Å². The second kappa shape index (κ2) is 9.35. The number of nitrogens with one attached hydrogen (secondary N) is 2. The summed E-state index contributed by atoms with van der Waals surface area (Å²) in [5, 5.41) is 18.4. The molecule has 2 aromatic rings. The van der Waals surface area contributed by atoms with Crippen LogP contribution in [0, 0.1) is 0 Å². The zero-order valence-electron chi connectivity index (χ0n) is 15.7. The molecular weight excluding hydrogens is 344 g/mol. The number of fused-ring (bicyclic) bond motifs is 1. The van der Waals surface area contributed by atoms with Gasteiger partial charge in [0.05, 0.1) is 0 Å². The standard InChI is InChI=1S/C20H30N4OS/c1-3-16(24-10-6-7-11-24)13-22-20(21-2)23-14-17(25)19-12-15-8-4-5-9-18(15)26-19/h4-5,8-9,12,16-17,25H,3,6-7,10-11,13-14H2,1-2H3,(H2,21,22,23). The zero-order chi connectivity index (χ0) is 18.4. The lowest BCUT2D eigenvalue weighted by atomic mass is 10.2. The Balaban J connectivity index is 1.50. The first-order valence-corrected chi connectivity index (χ1v) is 10.4. The second-order valence-electron chi connectivity index (χ2n) is 6.84. The summed E-state index contributed by atoms with van der Waals surface area (Å²) < 4.78 is 1.21. The monoisotopic (exact) mass is 374 g/mol. The predicted octanol–water partition coefficient (Wildman–Crippen LogP) is 2.97. The number of nitrogens with zero attached hydrogens (tertiary/aromatic N) is 2. The molecule has 6 heteroatoms. The van der Waals surface area contributed by atoms with E-state index < -0.39 is 6.10 Å². The van der Waals surface area contributed by atoms with Gasteiger partial charge in [-0.3, -0.25) is 9.89 Å². The first kappa shape index (κ1) is 19.1. The summed E-state index contributed by atoms with van der Waals surface area (Å²) in [5.41, 5.74) is 0. The fraction of sp³-hybridized carbons (Fsp3) is 0.550. The van der Waals surface area contributed by atoms with Crippen molar-refractivity contribution in [3.8, 4) is 0 Å². The molecule has 3 N–H and O–H groups in total. The van der Waals surface area contributed by atoms with E-state index in [0.29, 0.717) is 12.6 Å². The number of thiophene rings is 1. The van der Waals surface area contributed by atoms with Gasteiger partial charge >= 0.3 is 0 Å². The van der Waals surface area contributed by atoms with Crippen LogP contribution in [-0.2, 0) is 0 Å². The van der Waals surface area contributed by atoms with Crippen LogP contribution < -0.4 is 10.6 Å². The molecule has 1 fully saturated rings. The molecule has 2 atom stereocenters. The van der Waals surface area contributed by atoms with Crippen LogP contribution in [0.4, 0.5) is 0 Å². The maximum atomic E-state index is 10.5. The van der Waals surface area contributed by atoms with E-state index in [-0.39, 0.29) is 0 Å². The number of rotatable bonds is 7. The lowest BCUT2D eigenvalue weighted by molar-refractivity contribution is 0.184. The van der Waals surface area contributed by atoms with Crippen LogP contribution in [0.25, 0.3) is 10.1 Å². The molecule has 1 saturated heterocycles. The number of likely N-dealkylation sites (tertiary alicyclic amines) is 1. The van der Waals surface area contributed by atoms with Crippen LogP contribution in [0.2, 0.25) is 0 Å².